The standard InChI is InChI=1S/C18H16FN5O/c1-25-15-4-3-14(19)12-6-10-24(11-13(12)15)16-5-9-22-18(23-16)17-20-7-2-8-21-17/h2-5,7-9H,6,10-11H2,1H3. The van der Waals surface area contributed by atoms with Crippen molar-refractivity contribution in [1.82, 2.24) is 19.9 Å². The highest BCUT2D eigenvalue weighted by molar-refractivity contribution is 5.52. The Hall–Kier alpha value is -3.09. The topological polar surface area (TPSA) is 64.0 Å². The van der Waals surface area contributed by atoms with Crippen molar-refractivity contribution in [2.45, 2.75) is 13.0 Å². The average Bonchev–Trinajstić information content (AvgIpc) is 2.69. The first-order chi connectivity index (χ1) is 12.3. The van der Waals surface area contributed by atoms with E-state index in [1.54, 1.807) is 37.8 Å². The van der Waals surface area contributed by atoms with Crippen LogP contribution < -0.4 is 9.64 Å². The van der Waals surface area contributed by atoms with Crippen LogP contribution in [0.15, 0.2) is 42.9 Å². The fourth-order valence-corrected chi connectivity index (χ4v) is 3.04. The summed E-state index contributed by atoms with van der Waals surface area (Å²) in [5, 5.41) is 0. The molecular weight excluding hydrogens is 321 g/mol. The van der Waals surface area contributed by atoms with E-state index in [2.05, 4.69) is 24.8 Å². The normalized spacial score (nSPS) is 13.4. The van der Waals surface area contributed by atoms with E-state index in [9.17, 15) is 4.39 Å². The molecule has 0 unspecified atom stereocenters. The number of ether oxygens (including phenoxy) is 1. The molecule has 0 atom stereocenters. The van der Waals surface area contributed by atoms with E-state index in [-0.39, 0.29) is 5.82 Å². The van der Waals surface area contributed by atoms with Gasteiger partial charge in [-0.25, -0.2) is 24.3 Å². The van der Waals surface area contributed by atoms with Gasteiger partial charge in [0.1, 0.15) is 17.4 Å². The van der Waals surface area contributed by atoms with Gasteiger partial charge in [-0.2, -0.15) is 0 Å². The smallest absolute Gasteiger partial charge is 0.199 e. The molecule has 0 saturated heterocycles. The van der Waals surface area contributed by atoms with Gasteiger partial charge in [-0.1, -0.05) is 0 Å². The molecule has 0 saturated carbocycles. The van der Waals surface area contributed by atoms with Crippen LogP contribution in [0.2, 0.25) is 0 Å². The van der Waals surface area contributed by atoms with Crippen molar-refractivity contribution < 1.29 is 9.13 Å². The van der Waals surface area contributed by atoms with Gasteiger partial charge in [0.05, 0.1) is 7.11 Å². The Kier molecular flexibility index (Phi) is 3.97. The molecule has 1 aliphatic heterocycles. The molecular formula is C18H16FN5O. The van der Waals surface area contributed by atoms with Gasteiger partial charge < -0.3 is 9.64 Å². The van der Waals surface area contributed by atoms with Crippen LogP contribution in [0.4, 0.5) is 10.2 Å². The summed E-state index contributed by atoms with van der Waals surface area (Å²) in [7, 11) is 1.60. The highest BCUT2D eigenvalue weighted by Gasteiger charge is 2.24. The highest BCUT2D eigenvalue weighted by Crippen LogP contribution is 2.32. The predicted octanol–water partition coefficient (Wildman–Crippen LogP) is 2.64. The lowest BCUT2D eigenvalue weighted by molar-refractivity contribution is 0.404. The zero-order chi connectivity index (χ0) is 17.2. The summed E-state index contributed by atoms with van der Waals surface area (Å²) in [6.07, 6.45) is 5.60. The minimum Gasteiger partial charge on any atom is -0.496 e. The number of hydrogen-bond acceptors (Lipinski definition) is 6. The molecule has 7 heteroatoms. The molecule has 4 rings (SSSR count). The molecule has 3 aromatic rings. The Bertz CT molecular complexity index is 903. The van der Waals surface area contributed by atoms with Gasteiger partial charge in [-0.15, -0.1) is 0 Å². The van der Waals surface area contributed by atoms with Crippen molar-refractivity contribution in [3.05, 3.63) is 59.8 Å². The van der Waals surface area contributed by atoms with E-state index in [4.69, 9.17) is 4.74 Å². The van der Waals surface area contributed by atoms with E-state index >= 15 is 0 Å². The number of nitrogens with zero attached hydrogens (tertiary/aromatic N) is 5. The highest BCUT2D eigenvalue weighted by atomic mass is 19.1. The number of benzene rings is 1. The van der Waals surface area contributed by atoms with Gasteiger partial charge in [0, 0.05) is 37.2 Å². The molecule has 1 aromatic carbocycles. The van der Waals surface area contributed by atoms with Gasteiger partial charge in [-0.3, -0.25) is 0 Å². The van der Waals surface area contributed by atoms with E-state index in [1.807, 2.05) is 6.07 Å². The zero-order valence-electron chi connectivity index (χ0n) is 13.7. The fraction of sp³-hybridized carbons (Fsp3) is 0.222. The van der Waals surface area contributed by atoms with E-state index < -0.39 is 0 Å². The molecule has 0 fully saturated rings. The minimum absolute atomic E-state index is 0.184. The second-order valence-corrected chi connectivity index (χ2v) is 5.69. The van der Waals surface area contributed by atoms with Crippen molar-refractivity contribution >= 4 is 5.82 Å². The minimum atomic E-state index is -0.184. The largest absolute Gasteiger partial charge is 0.496 e. The number of rotatable bonds is 3. The zero-order valence-corrected chi connectivity index (χ0v) is 13.7. The first-order valence-electron chi connectivity index (χ1n) is 7.96. The van der Waals surface area contributed by atoms with Crippen LogP contribution in [-0.2, 0) is 13.0 Å². The molecule has 1 aliphatic rings. The number of hydrogen-bond donors (Lipinski definition) is 0. The molecule has 2 aromatic heterocycles. The summed E-state index contributed by atoms with van der Waals surface area (Å²) in [4.78, 5) is 19.3. The van der Waals surface area contributed by atoms with Crippen molar-refractivity contribution in [3.63, 3.8) is 0 Å². The lowest BCUT2D eigenvalue weighted by atomic mass is 9.98. The van der Waals surface area contributed by atoms with Crippen molar-refractivity contribution in [3.8, 4) is 17.4 Å². The van der Waals surface area contributed by atoms with E-state index in [0.717, 1.165) is 16.9 Å². The molecule has 126 valence electrons. The third-order valence-electron chi connectivity index (χ3n) is 4.26. The molecule has 0 bridgehead atoms. The molecule has 25 heavy (non-hydrogen) atoms. The van der Waals surface area contributed by atoms with Crippen molar-refractivity contribution in [2.75, 3.05) is 18.6 Å². The molecule has 0 aliphatic carbocycles. The van der Waals surface area contributed by atoms with Crippen LogP contribution in [0.5, 0.6) is 5.75 Å². The van der Waals surface area contributed by atoms with Crippen LogP contribution in [-0.4, -0.2) is 33.6 Å². The Balaban J connectivity index is 1.68. The number of aromatic nitrogens is 4. The van der Waals surface area contributed by atoms with Gasteiger partial charge in [0.2, 0.25) is 0 Å². The SMILES string of the molecule is COc1ccc(F)c2c1CN(c1ccnc(-c3ncccn3)n1)CC2. The summed E-state index contributed by atoms with van der Waals surface area (Å²) in [5.74, 6) is 2.22. The van der Waals surface area contributed by atoms with Crippen LogP contribution in [0, 0.1) is 5.82 Å². The first-order valence-corrected chi connectivity index (χ1v) is 7.96. The molecule has 0 spiro atoms. The van der Waals surface area contributed by atoms with Crippen LogP contribution >= 0.6 is 0 Å². The third kappa shape index (κ3) is 2.88. The number of fused-ring (bicyclic) bond motifs is 1. The maximum absolute atomic E-state index is 14.1. The lowest BCUT2D eigenvalue weighted by Crippen LogP contribution is -2.32. The quantitative estimate of drug-likeness (QED) is 0.732. The first kappa shape index (κ1) is 15.4. The van der Waals surface area contributed by atoms with Crippen molar-refractivity contribution in [2.24, 2.45) is 0 Å². The molecule has 3 heterocycles. The Morgan fingerprint density at radius 2 is 1.80 bits per heavy atom. The Labute approximate surface area is 144 Å². The van der Waals surface area contributed by atoms with Crippen LogP contribution in [0.25, 0.3) is 11.6 Å². The fourth-order valence-electron chi connectivity index (χ4n) is 3.04. The maximum atomic E-state index is 14.1. The molecule has 0 radical (unpaired) electrons. The second kappa shape index (κ2) is 6.43. The van der Waals surface area contributed by atoms with Gasteiger partial charge in [0.25, 0.3) is 0 Å². The summed E-state index contributed by atoms with van der Waals surface area (Å²) in [6.45, 7) is 1.20. The van der Waals surface area contributed by atoms with Gasteiger partial charge in [-0.05, 0) is 36.2 Å². The van der Waals surface area contributed by atoms with Crippen LogP contribution in [0.3, 0.4) is 0 Å². The summed E-state index contributed by atoms with van der Waals surface area (Å²) in [5.41, 5.74) is 1.58. The summed E-state index contributed by atoms with van der Waals surface area (Å²) < 4.78 is 19.5. The molecule has 0 N–H and O–H groups in total. The van der Waals surface area contributed by atoms with E-state index in [0.29, 0.717) is 36.9 Å². The molecule has 6 nitrogen and oxygen atoms in total. The van der Waals surface area contributed by atoms with Crippen molar-refractivity contribution in [1.29, 1.82) is 0 Å². The maximum Gasteiger partial charge on any atom is 0.199 e. The van der Waals surface area contributed by atoms with Gasteiger partial charge in [0.15, 0.2) is 11.6 Å². The monoisotopic (exact) mass is 337 g/mol. The molecule has 0 amide bonds. The Morgan fingerprint density at radius 3 is 2.60 bits per heavy atom. The van der Waals surface area contributed by atoms with Crippen LogP contribution in [0.1, 0.15) is 11.1 Å². The summed E-state index contributed by atoms with van der Waals surface area (Å²) in [6, 6.07) is 6.71. The number of anilines is 1. The number of methoxy groups -OCH3 is 1. The lowest BCUT2D eigenvalue weighted by Gasteiger charge is -2.31. The Morgan fingerprint density at radius 1 is 1.00 bits per heavy atom. The predicted molar refractivity (Wildman–Crippen MR) is 90.8 cm³/mol. The third-order valence-corrected chi connectivity index (χ3v) is 4.26. The summed E-state index contributed by atoms with van der Waals surface area (Å²) >= 11 is 0. The second-order valence-electron chi connectivity index (χ2n) is 5.69. The average molecular weight is 337 g/mol. The van der Waals surface area contributed by atoms with Gasteiger partial charge >= 0.3 is 0 Å². The van der Waals surface area contributed by atoms with E-state index in [1.165, 1.54) is 6.07 Å². The number of halogens is 1.